The second kappa shape index (κ2) is 5.70. The van der Waals surface area contributed by atoms with E-state index >= 15 is 0 Å². The molecule has 1 rings (SSSR count). The van der Waals surface area contributed by atoms with Crippen molar-refractivity contribution in [1.82, 2.24) is 10.2 Å². The number of hydrogen-bond donors (Lipinski definition) is 1. The number of ether oxygens (including phenoxy) is 1. The minimum Gasteiger partial charge on any atom is -0.385 e. The van der Waals surface area contributed by atoms with Crippen molar-refractivity contribution in [2.45, 2.75) is 12.8 Å². The molecule has 1 fully saturated rings. The van der Waals surface area contributed by atoms with Crippen LogP contribution in [0.3, 0.4) is 0 Å². The molecule has 1 aliphatic heterocycles. The molecule has 0 atom stereocenters. The molecule has 0 unspecified atom stereocenters. The molecule has 0 aromatic carbocycles. The van der Waals surface area contributed by atoms with Crippen LogP contribution in [0, 0.1) is 5.92 Å². The molecule has 0 bridgehead atoms. The summed E-state index contributed by atoms with van der Waals surface area (Å²) in [6, 6.07) is 0. The first kappa shape index (κ1) is 12.0. The van der Waals surface area contributed by atoms with Crippen molar-refractivity contribution in [3.63, 3.8) is 0 Å². The second-order valence-electron chi connectivity index (χ2n) is 3.71. The average molecular weight is 214 g/mol. The van der Waals surface area contributed by atoms with Gasteiger partial charge in [-0.3, -0.25) is 9.59 Å². The predicted molar refractivity (Wildman–Crippen MR) is 55.2 cm³/mol. The highest BCUT2D eigenvalue weighted by atomic mass is 16.5. The van der Waals surface area contributed by atoms with Crippen LogP contribution in [0.5, 0.6) is 0 Å². The fraction of sp³-hybridized carbons (Fsp3) is 0.800. The molecule has 0 radical (unpaired) electrons. The number of methoxy groups -OCH3 is 1. The van der Waals surface area contributed by atoms with Gasteiger partial charge in [-0.1, -0.05) is 0 Å². The summed E-state index contributed by atoms with van der Waals surface area (Å²) in [6.45, 7) is 1.73. The highest BCUT2D eigenvalue weighted by Gasteiger charge is 2.34. The SMILES string of the molecule is CNC(=O)C1CN(C(=O)CCCOC)C1. The van der Waals surface area contributed by atoms with Crippen LogP contribution < -0.4 is 5.32 Å². The van der Waals surface area contributed by atoms with E-state index in [4.69, 9.17) is 4.74 Å². The summed E-state index contributed by atoms with van der Waals surface area (Å²) in [5, 5.41) is 2.58. The van der Waals surface area contributed by atoms with Crippen molar-refractivity contribution in [3.8, 4) is 0 Å². The lowest BCUT2D eigenvalue weighted by atomic mass is 9.98. The lowest BCUT2D eigenvalue weighted by Gasteiger charge is -2.38. The number of nitrogens with zero attached hydrogens (tertiary/aromatic N) is 1. The summed E-state index contributed by atoms with van der Waals surface area (Å²) < 4.78 is 4.87. The van der Waals surface area contributed by atoms with E-state index in [0.29, 0.717) is 26.1 Å². The molecule has 0 spiro atoms. The van der Waals surface area contributed by atoms with E-state index in [-0.39, 0.29) is 17.7 Å². The topological polar surface area (TPSA) is 58.6 Å². The van der Waals surface area contributed by atoms with E-state index < -0.39 is 0 Å². The van der Waals surface area contributed by atoms with Gasteiger partial charge in [0.25, 0.3) is 0 Å². The van der Waals surface area contributed by atoms with Gasteiger partial charge in [0.15, 0.2) is 0 Å². The van der Waals surface area contributed by atoms with Gasteiger partial charge >= 0.3 is 0 Å². The molecule has 0 aliphatic carbocycles. The molecular formula is C10H18N2O3. The lowest BCUT2D eigenvalue weighted by Crippen LogP contribution is -2.55. The minimum absolute atomic E-state index is 0.0126. The maximum Gasteiger partial charge on any atom is 0.226 e. The largest absolute Gasteiger partial charge is 0.385 e. The highest BCUT2D eigenvalue weighted by molar-refractivity contribution is 5.84. The van der Waals surface area contributed by atoms with Crippen molar-refractivity contribution in [2.24, 2.45) is 5.92 Å². The number of amides is 2. The summed E-state index contributed by atoms with van der Waals surface area (Å²) in [4.78, 5) is 24.4. The molecule has 15 heavy (non-hydrogen) atoms. The fourth-order valence-corrected chi connectivity index (χ4v) is 1.58. The van der Waals surface area contributed by atoms with Crippen LogP contribution in [0.2, 0.25) is 0 Å². The van der Waals surface area contributed by atoms with E-state index in [0.717, 1.165) is 6.42 Å². The fourth-order valence-electron chi connectivity index (χ4n) is 1.58. The number of hydrogen-bond acceptors (Lipinski definition) is 3. The zero-order valence-corrected chi connectivity index (χ0v) is 9.28. The monoisotopic (exact) mass is 214 g/mol. The third-order valence-corrected chi connectivity index (χ3v) is 2.59. The quantitative estimate of drug-likeness (QED) is 0.634. The van der Waals surface area contributed by atoms with Gasteiger partial charge in [-0.2, -0.15) is 0 Å². The molecule has 5 heteroatoms. The molecule has 0 aromatic heterocycles. The van der Waals surface area contributed by atoms with Crippen LogP contribution >= 0.6 is 0 Å². The first-order valence-electron chi connectivity index (χ1n) is 5.17. The van der Waals surface area contributed by atoms with Crippen LogP contribution in [0.15, 0.2) is 0 Å². The van der Waals surface area contributed by atoms with Crippen LogP contribution in [0.1, 0.15) is 12.8 Å². The third-order valence-electron chi connectivity index (χ3n) is 2.59. The highest BCUT2D eigenvalue weighted by Crippen LogP contribution is 2.16. The van der Waals surface area contributed by atoms with E-state index in [1.54, 1.807) is 19.1 Å². The molecule has 1 aliphatic rings. The summed E-state index contributed by atoms with van der Waals surface area (Å²) in [5.41, 5.74) is 0. The van der Waals surface area contributed by atoms with E-state index in [2.05, 4.69) is 5.32 Å². The van der Waals surface area contributed by atoms with E-state index in [9.17, 15) is 9.59 Å². The van der Waals surface area contributed by atoms with E-state index in [1.807, 2.05) is 0 Å². The summed E-state index contributed by atoms with van der Waals surface area (Å²) >= 11 is 0. The van der Waals surface area contributed by atoms with Gasteiger partial charge in [0.2, 0.25) is 11.8 Å². The Balaban J connectivity index is 2.15. The van der Waals surface area contributed by atoms with Gasteiger partial charge in [0, 0.05) is 40.3 Å². The van der Waals surface area contributed by atoms with Crippen LogP contribution in [0.25, 0.3) is 0 Å². The Morgan fingerprint density at radius 3 is 2.67 bits per heavy atom. The number of rotatable bonds is 5. The van der Waals surface area contributed by atoms with Crippen molar-refractivity contribution in [1.29, 1.82) is 0 Å². The molecule has 1 heterocycles. The van der Waals surface area contributed by atoms with E-state index in [1.165, 1.54) is 0 Å². The van der Waals surface area contributed by atoms with Gasteiger partial charge in [-0.15, -0.1) is 0 Å². The maximum atomic E-state index is 11.5. The summed E-state index contributed by atoms with van der Waals surface area (Å²) in [5.74, 6) is 0.129. The van der Waals surface area contributed by atoms with Gasteiger partial charge in [0.1, 0.15) is 0 Å². The van der Waals surface area contributed by atoms with Crippen molar-refractivity contribution < 1.29 is 14.3 Å². The number of carbonyl (C=O) groups excluding carboxylic acids is 2. The van der Waals surface area contributed by atoms with Crippen molar-refractivity contribution in [2.75, 3.05) is 33.9 Å². The van der Waals surface area contributed by atoms with Crippen molar-refractivity contribution >= 4 is 11.8 Å². The average Bonchev–Trinajstić information content (AvgIpc) is 2.15. The normalized spacial score (nSPS) is 16.0. The first-order chi connectivity index (χ1) is 7.19. The van der Waals surface area contributed by atoms with Crippen molar-refractivity contribution in [3.05, 3.63) is 0 Å². The van der Waals surface area contributed by atoms with Gasteiger partial charge in [0.05, 0.1) is 5.92 Å². The standard InChI is InChI=1S/C10H18N2O3/c1-11-10(14)8-6-12(7-8)9(13)4-3-5-15-2/h8H,3-7H2,1-2H3,(H,11,14). The molecule has 2 amide bonds. The number of nitrogens with one attached hydrogen (secondary N) is 1. The first-order valence-corrected chi connectivity index (χ1v) is 5.17. The molecule has 0 aromatic rings. The Bertz CT molecular complexity index is 237. The Kier molecular flexibility index (Phi) is 4.55. The van der Waals surface area contributed by atoms with Crippen LogP contribution in [0.4, 0.5) is 0 Å². The molecule has 86 valence electrons. The molecule has 1 saturated heterocycles. The molecular weight excluding hydrogens is 196 g/mol. The zero-order chi connectivity index (χ0) is 11.3. The molecule has 1 N–H and O–H groups in total. The summed E-state index contributed by atoms with van der Waals surface area (Å²) in [6.07, 6.45) is 1.25. The Hall–Kier alpha value is -1.10. The number of carbonyl (C=O) groups is 2. The van der Waals surface area contributed by atoms with Crippen LogP contribution in [-0.2, 0) is 14.3 Å². The lowest BCUT2D eigenvalue weighted by molar-refractivity contribution is -0.143. The Morgan fingerprint density at radius 2 is 2.13 bits per heavy atom. The third kappa shape index (κ3) is 3.20. The van der Waals surface area contributed by atoms with Gasteiger partial charge in [-0.05, 0) is 6.42 Å². The molecule has 0 saturated carbocycles. The van der Waals surface area contributed by atoms with Gasteiger partial charge in [-0.25, -0.2) is 0 Å². The Morgan fingerprint density at radius 1 is 1.47 bits per heavy atom. The number of likely N-dealkylation sites (tertiary alicyclic amines) is 1. The predicted octanol–water partition coefficient (Wildman–Crippen LogP) is -0.383. The second-order valence-corrected chi connectivity index (χ2v) is 3.71. The minimum atomic E-state index is -0.0126. The zero-order valence-electron chi connectivity index (χ0n) is 9.28. The molecule has 5 nitrogen and oxygen atoms in total. The summed E-state index contributed by atoms with van der Waals surface area (Å²) in [7, 11) is 3.24. The van der Waals surface area contributed by atoms with Gasteiger partial charge < -0.3 is 15.0 Å². The van der Waals surface area contributed by atoms with Crippen LogP contribution in [-0.4, -0.2) is 50.6 Å². The maximum absolute atomic E-state index is 11.5. The smallest absolute Gasteiger partial charge is 0.226 e. The Labute approximate surface area is 89.8 Å².